The molecule has 0 saturated heterocycles. The van der Waals surface area contributed by atoms with E-state index in [0.717, 1.165) is 32.4 Å². The molecule has 0 spiro atoms. The summed E-state index contributed by atoms with van der Waals surface area (Å²) >= 11 is 10.6. The highest BCUT2D eigenvalue weighted by Gasteiger charge is 2.41. The number of thiophene rings is 6. The Labute approximate surface area is 329 Å². The second-order valence-electron chi connectivity index (χ2n) is 13.2. The van der Waals surface area contributed by atoms with Crippen molar-refractivity contribution in [2.75, 3.05) is 0 Å². The maximum Gasteiger partial charge on any atom is 0.258 e. The first-order chi connectivity index (χ1) is 25.5. The van der Waals surface area contributed by atoms with Crippen LogP contribution in [0.5, 0.6) is 0 Å². The summed E-state index contributed by atoms with van der Waals surface area (Å²) in [6.45, 7) is 4.51. The van der Waals surface area contributed by atoms with Crippen LogP contribution >= 0.6 is 68.0 Å². The zero-order valence-corrected chi connectivity index (χ0v) is 34.2. The molecule has 0 aliphatic carbocycles. The van der Waals surface area contributed by atoms with Gasteiger partial charge in [-0.3, -0.25) is 9.59 Å². The predicted octanol–water partition coefficient (Wildman–Crippen LogP) is 13.4. The van der Waals surface area contributed by atoms with E-state index in [4.69, 9.17) is 0 Å². The number of aryl methyl sites for hydroxylation is 2. The fourth-order valence-corrected chi connectivity index (χ4v) is 13.2. The summed E-state index contributed by atoms with van der Waals surface area (Å²) in [4.78, 5) is 41.4. The number of amides is 2. The van der Waals surface area contributed by atoms with Gasteiger partial charge in [0, 0.05) is 48.8 Å². The van der Waals surface area contributed by atoms with Gasteiger partial charge in [-0.1, -0.05) is 52.4 Å². The minimum atomic E-state index is -0.230. The lowest BCUT2D eigenvalue weighted by molar-refractivity contribution is -0.117. The maximum absolute atomic E-state index is 13.5. The van der Waals surface area contributed by atoms with Gasteiger partial charge in [-0.25, -0.2) is 0 Å². The van der Waals surface area contributed by atoms with E-state index in [1.54, 1.807) is 45.3 Å². The number of hydrogen-bond acceptors (Lipinski definition) is 8. The minimum absolute atomic E-state index is 0.230. The topological polar surface area (TPSA) is 58.2 Å². The van der Waals surface area contributed by atoms with Crippen molar-refractivity contribution >= 4 is 91.2 Å². The summed E-state index contributed by atoms with van der Waals surface area (Å²) in [6.07, 6.45) is 12.6. The second kappa shape index (κ2) is 15.9. The molecule has 52 heavy (non-hydrogen) atoms. The molecule has 0 unspecified atom stereocenters. The Balaban J connectivity index is 0.982. The van der Waals surface area contributed by atoms with Gasteiger partial charge >= 0.3 is 0 Å². The van der Waals surface area contributed by atoms with Gasteiger partial charge in [0.15, 0.2) is 0 Å². The van der Waals surface area contributed by atoms with Gasteiger partial charge in [-0.2, -0.15) is 0 Å². The van der Waals surface area contributed by atoms with Gasteiger partial charge in [0.25, 0.3) is 11.8 Å². The Hall–Kier alpha value is -3.38. The van der Waals surface area contributed by atoms with Crippen LogP contribution in [0.25, 0.3) is 50.4 Å². The van der Waals surface area contributed by atoms with E-state index < -0.39 is 0 Å². The van der Waals surface area contributed by atoms with Crippen molar-refractivity contribution in [1.82, 2.24) is 10.6 Å². The van der Waals surface area contributed by atoms with E-state index in [2.05, 4.69) is 85.1 Å². The Morgan fingerprint density at radius 3 is 1.06 bits per heavy atom. The Bertz CT molecular complexity index is 2140. The lowest BCUT2D eigenvalue weighted by Gasteiger charge is -2.04. The highest BCUT2D eigenvalue weighted by atomic mass is 32.1. The zero-order valence-electron chi connectivity index (χ0n) is 29.3. The van der Waals surface area contributed by atoms with Crippen molar-refractivity contribution in [2.45, 2.75) is 78.1 Å². The van der Waals surface area contributed by atoms with Crippen molar-refractivity contribution in [3.05, 3.63) is 103 Å². The lowest BCUT2D eigenvalue weighted by Crippen LogP contribution is -2.20. The molecule has 266 valence electrons. The van der Waals surface area contributed by atoms with E-state index in [9.17, 15) is 9.59 Å². The quantitative estimate of drug-likeness (QED) is 0.0959. The van der Waals surface area contributed by atoms with Crippen molar-refractivity contribution in [3.8, 4) is 39.0 Å². The molecule has 2 amide bonds. The van der Waals surface area contributed by atoms with Gasteiger partial charge in [0.1, 0.15) is 0 Å². The van der Waals surface area contributed by atoms with E-state index in [-0.39, 0.29) is 11.8 Å². The van der Waals surface area contributed by atoms with Crippen LogP contribution in [-0.2, 0) is 22.4 Å². The summed E-state index contributed by atoms with van der Waals surface area (Å²) in [5.74, 6) is -0.460. The smallest absolute Gasteiger partial charge is 0.258 e. The number of nitrogens with one attached hydrogen (secondary N) is 2. The summed E-state index contributed by atoms with van der Waals surface area (Å²) in [6, 6.07) is 26.1. The van der Waals surface area contributed by atoms with E-state index in [1.165, 1.54) is 90.4 Å². The summed E-state index contributed by atoms with van der Waals surface area (Å²) < 4.78 is 0. The van der Waals surface area contributed by atoms with Crippen LogP contribution in [0, 0.1) is 0 Å². The number of hydrogen-bond donors (Lipinski definition) is 2. The molecule has 0 saturated carbocycles. The van der Waals surface area contributed by atoms with E-state index in [1.807, 2.05) is 34.8 Å². The number of unbranched alkanes of at least 4 members (excludes halogenated alkanes) is 6. The highest BCUT2D eigenvalue weighted by molar-refractivity contribution is 7.27. The van der Waals surface area contributed by atoms with Crippen LogP contribution < -0.4 is 10.6 Å². The summed E-state index contributed by atoms with van der Waals surface area (Å²) in [5, 5.41) is 6.10. The Kier molecular flexibility index (Phi) is 10.9. The molecule has 2 aliphatic heterocycles. The molecule has 2 N–H and O–H groups in total. The molecule has 8 rings (SSSR count). The number of carbonyl (C=O) groups is 2. The summed E-state index contributed by atoms with van der Waals surface area (Å²) in [7, 11) is 0. The van der Waals surface area contributed by atoms with Gasteiger partial charge in [-0.15, -0.1) is 68.0 Å². The largest absolute Gasteiger partial charge is 0.320 e. The van der Waals surface area contributed by atoms with Crippen molar-refractivity contribution in [3.63, 3.8) is 0 Å². The molecular formula is C42H40N2O2S6. The third-order valence-electron chi connectivity index (χ3n) is 9.45. The molecular weight excluding hydrogens is 757 g/mol. The number of fused-ring (bicyclic) bond motifs is 1. The molecule has 0 bridgehead atoms. The molecule has 0 fully saturated rings. The van der Waals surface area contributed by atoms with Gasteiger partial charge in [0.05, 0.1) is 32.3 Å². The Morgan fingerprint density at radius 1 is 0.385 bits per heavy atom. The predicted molar refractivity (Wildman–Crippen MR) is 228 cm³/mol. The molecule has 6 aromatic heterocycles. The Morgan fingerprint density at radius 2 is 0.692 bits per heavy atom. The first kappa shape index (κ1) is 35.6. The van der Waals surface area contributed by atoms with E-state index >= 15 is 0 Å². The molecule has 0 atom stereocenters. The molecule has 2 aliphatic rings. The molecule has 10 heteroatoms. The third-order valence-corrected chi connectivity index (χ3v) is 16.9. The van der Waals surface area contributed by atoms with E-state index in [0.29, 0.717) is 22.5 Å². The lowest BCUT2D eigenvalue weighted by atomic mass is 10.1. The fraction of sp³-hybridized carbons (Fsp3) is 0.286. The monoisotopic (exact) mass is 796 g/mol. The van der Waals surface area contributed by atoms with Crippen molar-refractivity contribution in [1.29, 1.82) is 0 Å². The third kappa shape index (κ3) is 7.39. The molecule has 4 nitrogen and oxygen atoms in total. The fourth-order valence-electron chi connectivity index (χ4n) is 6.71. The molecule has 8 heterocycles. The van der Waals surface area contributed by atoms with Gasteiger partial charge < -0.3 is 10.6 Å². The van der Waals surface area contributed by atoms with Crippen LogP contribution in [-0.4, -0.2) is 11.8 Å². The van der Waals surface area contributed by atoms with Crippen LogP contribution in [0.4, 0.5) is 0 Å². The maximum atomic E-state index is 13.5. The molecule has 0 radical (unpaired) electrons. The number of carbonyl (C=O) groups excluding carboxylic acids is 2. The van der Waals surface area contributed by atoms with Crippen molar-refractivity contribution in [2.24, 2.45) is 0 Å². The highest BCUT2D eigenvalue weighted by Crippen LogP contribution is 2.46. The minimum Gasteiger partial charge on any atom is -0.320 e. The number of rotatable bonds is 16. The molecule has 6 aromatic rings. The first-order valence-electron chi connectivity index (χ1n) is 18.2. The van der Waals surface area contributed by atoms with Gasteiger partial charge in [-0.05, 0) is 98.5 Å². The SMILES string of the molecule is CCCCCCc1ccc(-c2ccc(-c3ccc(C4=C5C(=O)NC(c6ccc(-c7ccc(-c8ccc(CCCCCC)s8)s7)s6)=C5C(=O)N4)s3)s2)s1. The standard InChI is InChI=1S/C42H40N2O2S6/c1-3-5-7-9-11-25-13-15-27(47-25)29-17-19-31(49-29)33-21-23-35(51-33)39-37-38(42(46)43-39)40(44-41(37)45)36-24-22-34(52-36)32-20-18-30(50-32)28-16-14-26(48-28)12-10-8-6-4-2/h13-24H,3-12H2,1-2H3,(H,43,46)(H,44,45). The van der Waals surface area contributed by atoms with Crippen LogP contribution in [0.3, 0.4) is 0 Å². The van der Waals surface area contributed by atoms with Crippen LogP contribution in [0.1, 0.15) is 84.7 Å². The normalized spacial score (nSPS) is 14.2. The average Bonchev–Trinajstić information content (AvgIpc) is 4.00. The zero-order chi connectivity index (χ0) is 35.6. The molecule has 0 aromatic carbocycles. The second-order valence-corrected chi connectivity index (χ2v) is 19.9. The van der Waals surface area contributed by atoms with Crippen molar-refractivity contribution < 1.29 is 9.59 Å². The summed E-state index contributed by atoms with van der Waals surface area (Å²) in [5.41, 5.74) is 2.10. The van der Waals surface area contributed by atoms with Gasteiger partial charge in [0.2, 0.25) is 0 Å². The van der Waals surface area contributed by atoms with Crippen LogP contribution in [0.15, 0.2) is 83.9 Å². The average molecular weight is 797 g/mol. The van der Waals surface area contributed by atoms with Crippen LogP contribution in [0.2, 0.25) is 0 Å². The first-order valence-corrected chi connectivity index (χ1v) is 23.1.